The van der Waals surface area contributed by atoms with Crippen LogP contribution in [0.4, 0.5) is 10.1 Å². The molecule has 1 fully saturated rings. The Morgan fingerprint density at radius 1 is 1.21 bits per heavy atom. The van der Waals surface area contributed by atoms with Crippen molar-refractivity contribution in [2.75, 3.05) is 18.0 Å². The van der Waals surface area contributed by atoms with Crippen LogP contribution in [0.15, 0.2) is 47.0 Å². The van der Waals surface area contributed by atoms with Crippen LogP contribution in [0.5, 0.6) is 5.75 Å². The van der Waals surface area contributed by atoms with Crippen LogP contribution in [0.1, 0.15) is 30.6 Å². The van der Waals surface area contributed by atoms with Gasteiger partial charge < -0.3 is 14.4 Å². The second kappa shape index (κ2) is 6.78. The molecule has 0 aliphatic carbocycles. The number of phenols is 1. The van der Waals surface area contributed by atoms with E-state index in [1.165, 1.54) is 18.7 Å². The fourth-order valence-corrected chi connectivity index (χ4v) is 3.54. The molecule has 0 bridgehead atoms. The third-order valence-electron chi connectivity index (χ3n) is 5.17. The maximum atomic E-state index is 13.8. The summed E-state index contributed by atoms with van der Waals surface area (Å²) in [6, 6.07) is 10.5. The van der Waals surface area contributed by atoms with E-state index >= 15 is 0 Å². The number of aromatic hydroxyl groups is 1. The highest BCUT2D eigenvalue weighted by atomic mass is 19.1. The Labute approximate surface area is 162 Å². The van der Waals surface area contributed by atoms with Crippen LogP contribution in [0.3, 0.4) is 0 Å². The molecule has 0 amide bonds. The van der Waals surface area contributed by atoms with Crippen molar-refractivity contribution in [1.29, 1.82) is 0 Å². The summed E-state index contributed by atoms with van der Waals surface area (Å²) in [5.41, 5.74) is 2.51. The van der Waals surface area contributed by atoms with Gasteiger partial charge in [0, 0.05) is 29.9 Å². The van der Waals surface area contributed by atoms with E-state index in [9.17, 15) is 14.3 Å². The number of aromatic nitrogens is 1. The Balaban J connectivity index is 1.58. The third kappa shape index (κ3) is 3.38. The van der Waals surface area contributed by atoms with Crippen molar-refractivity contribution in [1.82, 2.24) is 4.98 Å². The molecular weight excluding hydrogens is 359 g/mol. The van der Waals surface area contributed by atoms with Crippen molar-refractivity contribution in [3.8, 4) is 28.5 Å². The Bertz CT molecular complexity index is 1020. The normalized spacial score (nSPS) is 15.8. The van der Waals surface area contributed by atoms with Gasteiger partial charge in [0.2, 0.25) is 5.89 Å². The summed E-state index contributed by atoms with van der Waals surface area (Å²) in [5, 5.41) is 9.54. The van der Waals surface area contributed by atoms with E-state index in [1.54, 1.807) is 0 Å². The second-order valence-corrected chi connectivity index (χ2v) is 7.93. The minimum absolute atomic E-state index is 0.133. The lowest BCUT2D eigenvalue weighted by molar-refractivity contribution is 0.112. The number of aldehydes is 1. The Morgan fingerprint density at radius 2 is 1.96 bits per heavy atom. The van der Waals surface area contributed by atoms with Crippen molar-refractivity contribution in [2.45, 2.75) is 20.3 Å². The standard InChI is InChI=1S/C22H21FN2O3/c1-22(2)7-8-25(13-22)17-5-3-14(4-6-17)21-24-11-19(28-21)15-9-16(12-26)20(27)18(23)10-15/h3-6,9-12,27H,7-8,13H2,1-2H3. The monoisotopic (exact) mass is 380 g/mol. The predicted molar refractivity (Wildman–Crippen MR) is 105 cm³/mol. The van der Waals surface area contributed by atoms with Gasteiger partial charge in [0.05, 0.1) is 11.8 Å². The SMILES string of the molecule is CC1(C)CCN(c2ccc(-c3ncc(-c4cc(F)c(O)c(C=O)c4)o3)cc2)C1. The molecule has 3 aromatic rings. The molecule has 1 aliphatic rings. The van der Waals surface area contributed by atoms with Gasteiger partial charge in [-0.25, -0.2) is 9.37 Å². The van der Waals surface area contributed by atoms with Crippen LogP contribution in [0.2, 0.25) is 0 Å². The van der Waals surface area contributed by atoms with Gasteiger partial charge >= 0.3 is 0 Å². The maximum absolute atomic E-state index is 13.8. The van der Waals surface area contributed by atoms with Crippen molar-refractivity contribution < 1.29 is 18.7 Å². The van der Waals surface area contributed by atoms with E-state index < -0.39 is 11.6 Å². The average Bonchev–Trinajstić information content (AvgIpc) is 3.31. The zero-order chi connectivity index (χ0) is 19.9. The molecule has 2 aromatic carbocycles. The highest BCUT2D eigenvalue weighted by Crippen LogP contribution is 2.34. The molecule has 6 heteroatoms. The van der Waals surface area contributed by atoms with Gasteiger partial charge in [-0.3, -0.25) is 4.79 Å². The molecule has 1 aliphatic heterocycles. The average molecular weight is 380 g/mol. The van der Waals surface area contributed by atoms with Crippen LogP contribution in [0.25, 0.3) is 22.8 Å². The van der Waals surface area contributed by atoms with Crippen molar-refractivity contribution >= 4 is 12.0 Å². The molecule has 0 atom stereocenters. The first-order chi connectivity index (χ1) is 13.4. The molecule has 0 unspecified atom stereocenters. The summed E-state index contributed by atoms with van der Waals surface area (Å²) >= 11 is 0. The summed E-state index contributed by atoms with van der Waals surface area (Å²) in [6.07, 6.45) is 3.05. The van der Waals surface area contributed by atoms with E-state index in [0.717, 1.165) is 30.4 Å². The number of hydrogen-bond donors (Lipinski definition) is 1. The van der Waals surface area contributed by atoms with E-state index in [2.05, 4.69) is 23.7 Å². The van der Waals surface area contributed by atoms with Gasteiger partial charge in [0.15, 0.2) is 23.6 Å². The maximum Gasteiger partial charge on any atom is 0.226 e. The highest BCUT2D eigenvalue weighted by molar-refractivity contribution is 5.82. The number of carbonyl (C=O) groups is 1. The fourth-order valence-electron chi connectivity index (χ4n) is 3.54. The largest absolute Gasteiger partial charge is 0.504 e. The second-order valence-electron chi connectivity index (χ2n) is 7.93. The number of phenolic OH excluding ortho intramolecular Hbond substituents is 1. The minimum Gasteiger partial charge on any atom is -0.504 e. The van der Waals surface area contributed by atoms with E-state index in [4.69, 9.17) is 4.42 Å². The molecule has 1 N–H and O–H groups in total. The highest BCUT2D eigenvalue weighted by Gasteiger charge is 2.29. The minimum atomic E-state index is -0.879. The Morgan fingerprint density at radius 3 is 2.61 bits per heavy atom. The first kappa shape index (κ1) is 18.2. The van der Waals surface area contributed by atoms with Crippen LogP contribution < -0.4 is 4.90 Å². The molecule has 0 saturated carbocycles. The van der Waals surface area contributed by atoms with Gasteiger partial charge in [0.25, 0.3) is 0 Å². The molecule has 5 nitrogen and oxygen atoms in total. The lowest BCUT2D eigenvalue weighted by atomic mass is 9.93. The summed E-state index contributed by atoms with van der Waals surface area (Å²) in [7, 11) is 0. The zero-order valence-electron chi connectivity index (χ0n) is 15.8. The molecular formula is C22H21FN2O3. The summed E-state index contributed by atoms with van der Waals surface area (Å²) in [5.74, 6) is -0.818. The van der Waals surface area contributed by atoms with Crippen LogP contribution in [-0.4, -0.2) is 29.5 Å². The lowest BCUT2D eigenvalue weighted by Crippen LogP contribution is -2.22. The summed E-state index contributed by atoms with van der Waals surface area (Å²) < 4.78 is 19.6. The topological polar surface area (TPSA) is 66.6 Å². The van der Waals surface area contributed by atoms with Crippen LogP contribution in [0, 0.1) is 11.2 Å². The Kier molecular flexibility index (Phi) is 4.41. The van der Waals surface area contributed by atoms with E-state index in [-0.39, 0.29) is 5.56 Å². The lowest BCUT2D eigenvalue weighted by Gasteiger charge is -2.21. The molecule has 2 heterocycles. The zero-order valence-corrected chi connectivity index (χ0v) is 15.8. The molecule has 4 rings (SSSR count). The quantitative estimate of drug-likeness (QED) is 0.652. The van der Waals surface area contributed by atoms with E-state index in [0.29, 0.717) is 28.9 Å². The van der Waals surface area contributed by atoms with Gasteiger partial charge in [0.1, 0.15) is 0 Å². The molecule has 0 radical (unpaired) electrons. The first-order valence-electron chi connectivity index (χ1n) is 9.15. The number of carbonyl (C=O) groups excluding carboxylic acids is 1. The number of nitrogens with zero attached hydrogens (tertiary/aromatic N) is 2. The van der Waals surface area contributed by atoms with Gasteiger partial charge in [-0.2, -0.15) is 0 Å². The predicted octanol–water partition coefficient (Wildman–Crippen LogP) is 4.90. The van der Waals surface area contributed by atoms with Crippen molar-refractivity contribution in [2.24, 2.45) is 5.41 Å². The molecule has 1 aromatic heterocycles. The number of hydrogen-bond acceptors (Lipinski definition) is 5. The fraction of sp³-hybridized carbons (Fsp3) is 0.273. The number of benzene rings is 2. The van der Waals surface area contributed by atoms with Crippen molar-refractivity contribution in [3.05, 3.63) is 54.0 Å². The smallest absolute Gasteiger partial charge is 0.226 e. The molecule has 144 valence electrons. The number of rotatable bonds is 4. The van der Waals surface area contributed by atoms with Crippen molar-refractivity contribution in [3.63, 3.8) is 0 Å². The first-order valence-corrected chi connectivity index (χ1v) is 9.15. The van der Waals surface area contributed by atoms with Gasteiger partial charge in [-0.05, 0) is 48.2 Å². The van der Waals surface area contributed by atoms with E-state index in [1.807, 2.05) is 24.3 Å². The number of halogens is 1. The van der Waals surface area contributed by atoms with Gasteiger partial charge in [-0.1, -0.05) is 13.8 Å². The molecule has 1 saturated heterocycles. The number of anilines is 1. The summed E-state index contributed by atoms with van der Waals surface area (Å²) in [6.45, 7) is 6.62. The molecule has 28 heavy (non-hydrogen) atoms. The third-order valence-corrected chi connectivity index (χ3v) is 5.17. The van der Waals surface area contributed by atoms with Crippen LogP contribution >= 0.6 is 0 Å². The molecule has 0 spiro atoms. The summed E-state index contributed by atoms with van der Waals surface area (Å²) in [4.78, 5) is 17.6. The van der Waals surface area contributed by atoms with Crippen LogP contribution in [-0.2, 0) is 0 Å². The van der Waals surface area contributed by atoms with Gasteiger partial charge in [-0.15, -0.1) is 0 Å². The number of oxazole rings is 1. The Hall–Kier alpha value is -3.15.